The molecular formula is C14H16FNO2. The Hall–Kier alpha value is -1.58. The van der Waals surface area contributed by atoms with Crippen molar-refractivity contribution >= 4 is 11.7 Å². The van der Waals surface area contributed by atoms with E-state index >= 15 is 0 Å². The van der Waals surface area contributed by atoms with Gasteiger partial charge in [0.15, 0.2) is 0 Å². The number of carboxylic acid groups (broad SMARTS) is 1. The number of hydrogen-bond acceptors (Lipinski definition) is 2. The summed E-state index contributed by atoms with van der Waals surface area (Å²) in [6.45, 7) is 1.88. The zero-order chi connectivity index (χ0) is 12.8. The highest BCUT2D eigenvalue weighted by atomic mass is 19.1. The molecule has 4 heteroatoms. The van der Waals surface area contributed by atoms with Crippen molar-refractivity contribution in [3.8, 4) is 0 Å². The van der Waals surface area contributed by atoms with E-state index in [-0.39, 0.29) is 5.82 Å². The highest BCUT2D eigenvalue weighted by molar-refractivity contribution is 5.87. The lowest BCUT2D eigenvalue weighted by Gasteiger charge is -2.24. The lowest BCUT2D eigenvalue weighted by Crippen LogP contribution is -2.26. The molecule has 18 heavy (non-hydrogen) atoms. The van der Waals surface area contributed by atoms with Crippen LogP contribution in [-0.4, -0.2) is 24.2 Å². The van der Waals surface area contributed by atoms with Crippen LogP contribution in [0.1, 0.15) is 31.2 Å². The fourth-order valence-corrected chi connectivity index (χ4v) is 2.85. The van der Waals surface area contributed by atoms with Crippen LogP contribution in [0.4, 0.5) is 10.1 Å². The van der Waals surface area contributed by atoms with Gasteiger partial charge in [0.1, 0.15) is 5.82 Å². The molecule has 96 valence electrons. The molecule has 0 amide bonds. The van der Waals surface area contributed by atoms with E-state index in [9.17, 15) is 14.3 Å². The van der Waals surface area contributed by atoms with E-state index in [1.807, 2.05) is 0 Å². The summed E-state index contributed by atoms with van der Waals surface area (Å²) in [5, 5.41) is 9.37. The first-order valence-electron chi connectivity index (χ1n) is 6.42. The van der Waals surface area contributed by atoms with Gasteiger partial charge in [-0.05, 0) is 49.4 Å². The fraction of sp³-hybridized carbons (Fsp3) is 0.500. The second kappa shape index (κ2) is 3.97. The smallest absolute Gasteiger partial charge is 0.314 e. The van der Waals surface area contributed by atoms with Crippen LogP contribution >= 0.6 is 0 Å². The maximum atomic E-state index is 13.4. The van der Waals surface area contributed by atoms with Crippen molar-refractivity contribution in [3.63, 3.8) is 0 Å². The lowest BCUT2D eigenvalue weighted by atomic mass is 9.93. The van der Waals surface area contributed by atoms with E-state index in [4.69, 9.17) is 0 Å². The summed E-state index contributed by atoms with van der Waals surface area (Å²) in [4.78, 5) is 13.6. The molecule has 1 N–H and O–H groups in total. The molecule has 0 bridgehead atoms. The first kappa shape index (κ1) is 11.5. The van der Waals surface area contributed by atoms with E-state index < -0.39 is 11.4 Å². The predicted octanol–water partition coefficient (Wildman–Crippen LogP) is 2.54. The van der Waals surface area contributed by atoms with Crippen molar-refractivity contribution < 1.29 is 14.3 Å². The lowest BCUT2D eigenvalue weighted by molar-refractivity contribution is -0.140. The monoisotopic (exact) mass is 249 g/mol. The normalized spacial score (nSPS) is 21.1. The van der Waals surface area contributed by atoms with Gasteiger partial charge in [-0.25, -0.2) is 4.39 Å². The third-order valence-electron chi connectivity index (χ3n) is 4.08. The Labute approximate surface area is 105 Å². The van der Waals surface area contributed by atoms with Crippen molar-refractivity contribution in [3.05, 3.63) is 29.6 Å². The Kier molecular flexibility index (Phi) is 2.54. The topological polar surface area (TPSA) is 40.5 Å². The third-order valence-corrected chi connectivity index (χ3v) is 4.08. The summed E-state index contributed by atoms with van der Waals surface area (Å²) in [5.41, 5.74) is 0.741. The number of carbonyl (C=O) groups is 1. The fourth-order valence-electron chi connectivity index (χ4n) is 2.85. The second-order valence-corrected chi connectivity index (χ2v) is 5.24. The largest absolute Gasteiger partial charge is 0.481 e. The van der Waals surface area contributed by atoms with Gasteiger partial charge in [-0.2, -0.15) is 0 Å². The average molecular weight is 249 g/mol. The molecule has 0 radical (unpaired) electrons. The third kappa shape index (κ3) is 1.67. The number of anilines is 1. The van der Waals surface area contributed by atoms with Gasteiger partial charge in [0, 0.05) is 18.8 Å². The minimum absolute atomic E-state index is 0.347. The quantitative estimate of drug-likeness (QED) is 0.895. The zero-order valence-corrected chi connectivity index (χ0v) is 10.2. The number of halogens is 1. The summed E-state index contributed by atoms with van der Waals surface area (Å²) in [6, 6.07) is 4.57. The van der Waals surface area contributed by atoms with Crippen LogP contribution in [-0.2, 0) is 10.2 Å². The minimum atomic E-state index is -0.833. The van der Waals surface area contributed by atoms with E-state index in [1.54, 1.807) is 6.07 Å². The maximum absolute atomic E-state index is 13.4. The van der Waals surface area contributed by atoms with Gasteiger partial charge in [-0.15, -0.1) is 0 Å². The van der Waals surface area contributed by atoms with E-state index in [2.05, 4.69) is 4.90 Å². The molecule has 1 aliphatic carbocycles. The van der Waals surface area contributed by atoms with Gasteiger partial charge in [-0.3, -0.25) is 4.79 Å². The molecule has 1 saturated carbocycles. The summed E-state index contributed by atoms with van der Waals surface area (Å²) in [7, 11) is 0. The van der Waals surface area contributed by atoms with E-state index in [0.717, 1.165) is 31.6 Å². The molecule has 3 rings (SSSR count). The first-order chi connectivity index (χ1) is 8.63. The Morgan fingerprint density at radius 1 is 1.28 bits per heavy atom. The molecule has 1 aromatic rings. The first-order valence-corrected chi connectivity index (χ1v) is 6.42. The molecule has 0 aromatic heterocycles. The minimum Gasteiger partial charge on any atom is -0.481 e. The van der Waals surface area contributed by atoms with Crippen LogP contribution in [0.3, 0.4) is 0 Å². The molecule has 2 fully saturated rings. The van der Waals surface area contributed by atoms with Gasteiger partial charge >= 0.3 is 5.97 Å². The highest BCUT2D eigenvalue weighted by Gasteiger charge is 2.53. The van der Waals surface area contributed by atoms with Crippen LogP contribution < -0.4 is 4.90 Å². The number of rotatable bonds is 3. The van der Waals surface area contributed by atoms with Gasteiger partial charge < -0.3 is 10.0 Å². The number of hydrogen-bond donors (Lipinski definition) is 1. The summed E-state index contributed by atoms with van der Waals surface area (Å²) >= 11 is 0. The Bertz CT molecular complexity index is 491. The molecule has 1 aliphatic heterocycles. The maximum Gasteiger partial charge on any atom is 0.314 e. The summed E-state index contributed by atoms with van der Waals surface area (Å²) < 4.78 is 13.4. The van der Waals surface area contributed by atoms with Crippen LogP contribution in [0.2, 0.25) is 0 Å². The Balaban J connectivity index is 2.06. The summed E-state index contributed by atoms with van der Waals surface area (Å²) in [6.07, 6.45) is 3.48. The molecule has 1 aromatic carbocycles. The highest BCUT2D eigenvalue weighted by Crippen LogP contribution is 2.52. The number of aliphatic carboxylic acids is 1. The van der Waals surface area contributed by atoms with Crippen LogP contribution in [0.5, 0.6) is 0 Å². The number of carboxylic acids is 1. The van der Waals surface area contributed by atoms with Gasteiger partial charge in [0.25, 0.3) is 0 Å². The van der Waals surface area contributed by atoms with E-state index in [0.29, 0.717) is 18.4 Å². The molecule has 1 heterocycles. The SMILES string of the molecule is O=C(O)C1(c2cc(F)ccc2N2CCCC2)CC1. The van der Waals surface area contributed by atoms with Crippen molar-refractivity contribution in [2.24, 2.45) is 0 Å². The standard InChI is InChI=1S/C14H16FNO2/c15-10-3-4-12(16-7-1-2-8-16)11(9-10)14(5-6-14)13(17)18/h3-4,9H,1-2,5-8H2,(H,17,18). The van der Waals surface area contributed by atoms with Crippen molar-refractivity contribution in [2.75, 3.05) is 18.0 Å². The Morgan fingerprint density at radius 2 is 1.94 bits per heavy atom. The van der Waals surface area contributed by atoms with Crippen LogP contribution in [0.15, 0.2) is 18.2 Å². The second-order valence-electron chi connectivity index (χ2n) is 5.24. The summed E-state index contributed by atoms with van der Waals surface area (Å²) in [5.74, 6) is -1.17. The molecule has 2 aliphatic rings. The number of benzene rings is 1. The van der Waals surface area contributed by atoms with Crippen molar-refractivity contribution in [2.45, 2.75) is 31.1 Å². The molecule has 3 nitrogen and oxygen atoms in total. The average Bonchev–Trinajstić information content (AvgIpc) is 2.99. The van der Waals surface area contributed by atoms with Crippen LogP contribution in [0, 0.1) is 5.82 Å². The van der Waals surface area contributed by atoms with Crippen molar-refractivity contribution in [1.82, 2.24) is 0 Å². The van der Waals surface area contributed by atoms with Gasteiger partial charge in [0.05, 0.1) is 5.41 Å². The number of nitrogens with zero attached hydrogens (tertiary/aromatic N) is 1. The molecule has 0 unspecified atom stereocenters. The van der Waals surface area contributed by atoms with Gasteiger partial charge in [0.2, 0.25) is 0 Å². The molecular weight excluding hydrogens is 233 g/mol. The van der Waals surface area contributed by atoms with Crippen LogP contribution in [0.25, 0.3) is 0 Å². The van der Waals surface area contributed by atoms with Crippen molar-refractivity contribution in [1.29, 1.82) is 0 Å². The Morgan fingerprint density at radius 3 is 2.50 bits per heavy atom. The molecule has 0 spiro atoms. The zero-order valence-electron chi connectivity index (χ0n) is 10.2. The molecule has 0 atom stereocenters. The predicted molar refractivity (Wildman–Crippen MR) is 66.4 cm³/mol. The van der Waals surface area contributed by atoms with E-state index in [1.165, 1.54) is 12.1 Å². The van der Waals surface area contributed by atoms with Gasteiger partial charge in [-0.1, -0.05) is 0 Å². The molecule has 1 saturated heterocycles.